The number of halogens is 1. The van der Waals surface area contributed by atoms with Crippen LogP contribution in [-0.2, 0) is 16.4 Å². The smallest absolute Gasteiger partial charge is 0.261 e. The first-order chi connectivity index (χ1) is 14.8. The normalized spacial score (nSPS) is 15.7. The highest BCUT2D eigenvalue weighted by atomic mass is 35.5. The summed E-state index contributed by atoms with van der Waals surface area (Å²) in [6.45, 7) is 1.89. The molecule has 1 unspecified atom stereocenters. The molecule has 7 heteroatoms. The SMILES string of the molecule is Cc1ccc(S(=O)(=O)Nc2ccc(C(=O)NC3CCCc4ccccc43)c(Cl)c2)cc1. The topological polar surface area (TPSA) is 75.3 Å². The Bertz CT molecular complexity index is 1220. The van der Waals surface area contributed by atoms with Gasteiger partial charge in [-0.2, -0.15) is 0 Å². The molecule has 160 valence electrons. The first-order valence-electron chi connectivity index (χ1n) is 10.1. The van der Waals surface area contributed by atoms with Gasteiger partial charge in [0.15, 0.2) is 0 Å². The second kappa shape index (κ2) is 8.73. The summed E-state index contributed by atoms with van der Waals surface area (Å²) in [6.07, 6.45) is 2.89. The van der Waals surface area contributed by atoms with Crippen LogP contribution in [0.2, 0.25) is 5.02 Å². The molecule has 0 saturated heterocycles. The van der Waals surface area contributed by atoms with Crippen molar-refractivity contribution in [2.45, 2.75) is 37.1 Å². The maximum atomic E-state index is 12.9. The third-order valence-corrected chi connectivity index (χ3v) is 7.18. The Morgan fingerprint density at radius 1 is 1.03 bits per heavy atom. The molecule has 0 spiro atoms. The third-order valence-electron chi connectivity index (χ3n) is 5.47. The zero-order chi connectivity index (χ0) is 22.0. The molecule has 0 heterocycles. The highest BCUT2D eigenvalue weighted by Gasteiger charge is 2.23. The van der Waals surface area contributed by atoms with Crippen LogP contribution < -0.4 is 10.0 Å². The third kappa shape index (κ3) is 4.75. The number of anilines is 1. The zero-order valence-corrected chi connectivity index (χ0v) is 18.6. The average Bonchev–Trinajstić information content (AvgIpc) is 2.74. The molecule has 2 N–H and O–H groups in total. The molecule has 31 heavy (non-hydrogen) atoms. The fraction of sp³-hybridized carbons (Fsp3) is 0.208. The van der Waals surface area contributed by atoms with Crippen LogP contribution in [0.5, 0.6) is 0 Å². The monoisotopic (exact) mass is 454 g/mol. The van der Waals surface area contributed by atoms with Gasteiger partial charge < -0.3 is 5.32 Å². The Labute approximate surface area is 187 Å². The Morgan fingerprint density at radius 2 is 1.77 bits per heavy atom. The van der Waals surface area contributed by atoms with Crippen LogP contribution >= 0.6 is 11.6 Å². The van der Waals surface area contributed by atoms with Crippen molar-refractivity contribution in [2.75, 3.05) is 4.72 Å². The number of amides is 1. The molecule has 1 aliphatic rings. The molecule has 5 nitrogen and oxygen atoms in total. The van der Waals surface area contributed by atoms with E-state index in [0.717, 1.165) is 30.4 Å². The van der Waals surface area contributed by atoms with Gasteiger partial charge in [-0.15, -0.1) is 0 Å². The maximum Gasteiger partial charge on any atom is 0.261 e. The number of carbonyl (C=O) groups is 1. The van der Waals surface area contributed by atoms with E-state index in [1.54, 1.807) is 36.4 Å². The van der Waals surface area contributed by atoms with Gasteiger partial charge in [0.1, 0.15) is 0 Å². The van der Waals surface area contributed by atoms with E-state index >= 15 is 0 Å². The van der Waals surface area contributed by atoms with Crippen molar-refractivity contribution < 1.29 is 13.2 Å². The number of aryl methyl sites for hydroxylation is 2. The lowest BCUT2D eigenvalue weighted by Crippen LogP contribution is -2.31. The highest BCUT2D eigenvalue weighted by Crippen LogP contribution is 2.30. The predicted octanol–water partition coefficient (Wildman–Crippen LogP) is 5.26. The predicted molar refractivity (Wildman–Crippen MR) is 123 cm³/mol. The van der Waals surface area contributed by atoms with Gasteiger partial charge in [-0.05, 0) is 67.6 Å². The number of hydrogen-bond acceptors (Lipinski definition) is 3. The Morgan fingerprint density at radius 3 is 2.52 bits per heavy atom. The molecule has 4 rings (SSSR count). The Kier molecular flexibility index (Phi) is 6.03. The summed E-state index contributed by atoms with van der Waals surface area (Å²) in [6, 6.07) is 19.2. The van der Waals surface area contributed by atoms with Gasteiger partial charge in [-0.25, -0.2) is 8.42 Å². The number of rotatable bonds is 5. The zero-order valence-electron chi connectivity index (χ0n) is 17.1. The Balaban J connectivity index is 1.50. The molecule has 0 saturated carbocycles. The summed E-state index contributed by atoms with van der Waals surface area (Å²) in [4.78, 5) is 13.0. The minimum Gasteiger partial charge on any atom is -0.345 e. The van der Waals surface area contributed by atoms with Gasteiger partial charge in [-0.1, -0.05) is 53.6 Å². The number of nitrogens with one attached hydrogen (secondary N) is 2. The Hall–Kier alpha value is -2.83. The molecular formula is C24H23ClN2O3S. The van der Waals surface area contributed by atoms with E-state index in [0.29, 0.717) is 11.3 Å². The lowest BCUT2D eigenvalue weighted by Gasteiger charge is -2.26. The lowest BCUT2D eigenvalue weighted by molar-refractivity contribution is 0.0933. The molecule has 0 bridgehead atoms. The van der Waals surface area contributed by atoms with E-state index in [4.69, 9.17) is 11.6 Å². The van der Waals surface area contributed by atoms with Crippen molar-refractivity contribution in [3.05, 3.63) is 94.0 Å². The lowest BCUT2D eigenvalue weighted by atomic mass is 9.87. The van der Waals surface area contributed by atoms with Crippen molar-refractivity contribution >= 4 is 33.2 Å². The fourth-order valence-electron chi connectivity index (χ4n) is 3.83. The summed E-state index contributed by atoms with van der Waals surface area (Å²) in [7, 11) is -3.75. The van der Waals surface area contributed by atoms with Crippen molar-refractivity contribution in [2.24, 2.45) is 0 Å². The molecule has 1 atom stereocenters. The van der Waals surface area contributed by atoms with Crippen LogP contribution in [0.3, 0.4) is 0 Å². The van der Waals surface area contributed by atoms with Crippen molar-refractivity contribution in [1.82, 2.24) is 5.32 Å². The summed E-state index contributed by atoms with van der Waals surface area (Å²) >= 11 is 6.34. The number of carbonyl (C=O) groups excluding carboxylic acids is 1. The van der Waals surface area contributed by atoms with E-state index < -0.39 is 10.0 Å². The van der Waals surface area contributed by atoms with E-state index in [-0.39, 0.29) is 21.9 Å². The number of hydrogen-bond donors (Lipinski definition) is 2. The minimum atomic E-state index is -3.75. The second-order valence-electron chi connectivity index (χ2n) is 7.73. The maximum absolute atomic E-state index is 12.9. The first-order valence-corrected chi connectivity index (χ1v) is 12.0. The van der Waals surface area contributed by atoms with Crippen molar-refractivity contribution in [3.63, 3.8) is 0 Å². The van der Waals surface area contributed by atoms with Gasteiger partial charge >= 0.3 is 0 Å². The van der Waals surface area contributed by atoms with Crippen LogP contribution in [0.25, 0.3) is 0 Å². The van der Waals surface area contributed by atoms with Gasteiger partial charge in [0, 0.05) is 0 Å². The molecule has 0 aromatic heterocycles. The van der Waals surface area contributed by atoms with E-state index in [1.165, 1.54) is 11.6 Å². The largest absolute Gasteiger partial charge is 0.345 e. The standard InChI is InChI=1S/C24H23ClN2O3S/c1-16-9-12-19(13-10-16)31(29,30)27-18-11-14-21(22(25)15-18)24(28)26-23-8-4-6-17-5-2-3-7-20(17)23/h2-3,5,7,9-15,23,27H,4,6,8H2,1H3,(H,26,28). The number of sulfonamides is 1. The number of fused-ring (bicyclic) bond motifs is 1. The quantitative estimate of drug-likeness (QED) is 0.552. The van der Waals surface area contributed by atoms with Crippen LogP contribution in [0.15, 0.2) is 71.6 Å². The molecule has 0 radical (unpaired) electrons. The van der Waals surface area contributed by atoms with E-state index in [2.05, 4.69) is 16.1 Å². The van der Waals surface area contributed by atoms with Crippen LogP contribution in [0.1, 0.15) is 45.9 Å². The van der Waals surface area contributed by atoms with Crippen LogP contribution in [0, 0.1) is 6.92 Å². The van der Waals surface area contributed by atoms with Gasteiger partial charge in [0.05, 0.1) is 27.2 Å². The average molecular weight is 455 g/mol. The van der Waals surface area contributed by atoms with Gasteiger partial charge in [-0.3, -0.25) is 9.52 Å². The summed E-state index contributed by atoms with van der Waals surface area (Å²) < 4.78 is 27.7. The molecule has 0 fully saturated rings. The summed E-state index contributed by atoms with van der Waals surface area (Å²) in [5.41, 5.74) is 3.97. The van der Waals surface area contributed by atoms with E-state index in [1.807, 2.05) is 25.1 Å². The summed E-state index contributed by atoms with van der Waals surface area (Å²) in [5.74, 6) is -0.278. The molecule has 3 aromatic carbocycles. The van der Waals surface area contributed by atoms with Crippen LogP contribution in [0.4, 0.5) is 5.69 Å². The number of benzene rings is 3. The van der Waals surface area contributed by atoms with Crippen molar-refractivity contribution in [1.29, 1.82) is 0 Å². The first kappa shape index (κ1) is 21.4. The van der Waals surface area contributed by atoms with E-state index in [9.17, 15) is 13.2 Å². The molecule has 1 amide bonds. The molecular weight excluding hydrogens is 432 g/mol. The van der Waals surface area contributed by atoms with Gasteiger partial charge in [0.25, 0.3) is 15.9 Å². The molecule has 3 aromatic rings. The van der Waals surface area contributed by atoms with Crippen molar-refractivity contribution in [3.8, 4) is 0 Å². The molecule has 0 aliphatic heterocycles. The van der Waals surface area contributed by atoms with Gasteiger partial charge in [0.2, 0.25) is 0 Å². The minimum absolute atomic E-state index is 0.0618. The second-order valence-corrected chi connectivity index (χ2v) is 9.82. The highest BCUT2D eigenvalue weighted by molar-refractivity contribution is 7.92. The fourth-order valence-corrected chi connectivity index (χ4v) is 5.15. The van der Waals surface area contributed by atoms with Crippen LogP contribution in [-0.4, -0.2) is 14.3 Å². The summed E-state index contributed by atoms with van der Waals surface area (Å²) in [5, 5.41) is 3.25. The molecule has 1 aliphatic carbocycles.